The van der Waals surface area contributed by atoms with Gasteiger partial charge in [-0.15, -0.1) is 0 Å². The molecule has 0 spiro atoms. The van der Waals surface area contributed by atoms with Crippen molar-refractivity contribution in [3.05, 3.63) is 57.6 Å². The van der Waals surface area contributed by atoms with Crippen LogP contribution in [-0.4, -0.2) is 50.2 Å². The van der Waals surface area contributed by atoms with E-state index >= 15 is 0 Å². The Morgan fingerprint density at radius 2 is 1.82 bits per heavy atom. The van der Waals surface area contributed by atoms with Crippen molar-refractivity contribution in [1.82, 2.24) is 4.90 Å². The summed E-state index contributed by atoms with van der Waals surface area (Å²) in [5, 5.41) is 5.02. The molecule has 2 fully saturated rings. The second-order valence-electron chi connectivity index (χ2n) is 8.97. The molecule has 2 aliphatic rings. The van der Waals surface area contributed by atoms with Crippen LogP contribution in [0.4, 0.5) is 11.4 Å². The maximum atomic E-state index is 12.9. The topological polar surface area (TPSA) is 44.8 Å². The van der Waals surface area contributed by atoms with Gasteiger partial charge in [0, 0.05) is 53.5 Å². The van der Waals surface area contributed by atoms with E-state index in [0.717, 1.165) is 56.7 Å². The summed E-state index contributed by atoms with van der Waals surface area (Å²) in [7, 11) is 0. The molecule has 1 amide bonds. The van der Waals surface area contributed by atoms with Crippen LogP contribution in [0.3, 0.4) is 0 Å². The van der Waals surface area contributed by atoms with Crippen molar-refractivity contribution in [3.63, 3.8) is 0 Å². The Kier molecular flexibility index (Phi) is 8.05. The number of hydrogen-bond acceptors (Lipinski definition) is 4. The Morgan fingerprint density at radius 1 is 1.09 bits per heavy atom. The van der Waals surface area contributed by atoms with Gasteiger partial charge in [0.15, 0.2) is 0 Å². The molecule has 5 nitrogen and oxygen atoms in total. The van der Waals surface area contributed by atoms with Gasteiger partial charge in [0.05, 0.1) is 19.3 Å². The molecule has 33 heavy (non-hydrogen) atoms. The van der Waals surface area contributed by atoms with Gasteiger partial charge in [-0.05, 0) is 61.6 Å². The number of ether oxygens (including phenoxy) is 1. The number of nitrogens with one attached hydrogen (secondary N) is 1. The molecular weight excluding hydrogens is 457 g/mol. The van der Waals surface area contributed by atoms with Crippen molar-refractivity contribution in [2.24, 2.45) is 5.92 Å². The molecule has 1 N–H and O–H groups in total. The van der Waals surface area contributed by atoms with Crippen molar-refractivity contribution in [1.29, 1.82) is 0 Å². The minimum absolute atomic E-state index is 0.0978. The molecule has 2 aliphatic heterocycles. The van der Waals surface area contributed by atoms with E-state index in [0.29, 0.717) is 29.2 Å². The normalized spacial score (nSPS) is 18.3. The SMILES string of the molecule is CCC(Nc1cc(N2CCC(C(=O)N3CCOCC3)CC2)ccc1C)c1ccc(Cl)cc1Cl. The van der Waals surface area contributed by atoms with Crippen LogP contribution in [0.2, 0.25) is 10.0 Å². The molecule has 2 aromatic rings. The molecule has 2 saturated heterocycles. The van der Waals surface area contributed by atoms with Crippen molar-refractivity contribution < 1.29 is 9.53 Å². The zero-order chi connectivity index (χ0) is 23.4. The van der Waals surface area contributed by atoms with E-state index < -0.39 is 0 Å². The Morgan fingerprint density at radius 3 is 2.48 bits per heavy atom. The Bertz CT molecular complexity index is 970. The van der Waals surface area contributed by atoms with Gasteiger partial charge in [-0.25, -0.2) is 0 Å². The molecule has 2 heterocycles. The van der Waals surface area contributed by atoms with E-state index in [1.165, 1.54) is 11.3 Å². The molecule has 0 saturated carbocycles. The number of hydrogen-bond donors (Lipinski definition) is 1. The van der Waals surface area contributed by atoms with Gasteiger partial charge < -0.3 is 19.9 Å². The molecular formula is C26H33Cl2N3O2. The van der Waals surface area contributed by atoms with Gasteiger partial charge in [-0.2, -0.15) is 0 Å². The quantitative estimate of drug-likeness (QED) is 0.545. The first-order valence-corrected chi connectivity index (χ1v) is 12.7. The highest BCUT2D eigenvalue weighted by atomic mass is 35.5. The smallest absolute Gasteiger partial charge is 0.225 e. The molecule has 4 rings (SSSR count). The third-order valence-electron chi connectivity index (χ3n) is 6.83. The van der Waals surface area contributed by atoms with Crippen molar-refractivity contribution in [3.8, 4) is 0 Å². The minimum atomic E-state index is 0.0978. The number of amides is 1. The lowest BCUT2D eigenvalue weighted by Crippen LogP contribution is -2.46. The van der Waals surface area contributed by atoms with E-state index in [1.54, 1.807) is 6.07 Å². The Balaban J connectivity index is 1.42. The zero-order valence-corrected chi connectivity index (χ0v) is 21.0. The van der Waals surface area contributed by atoms with E-state index in [4.69, 9.17) is 27.9 Å². The summed E-state index contributed by atoms with van der Waals surface area (Å²) in [6.07, 6.45) is 2.69. The van der Waals surface area contributed by atoms with Gasteiger partial charge in [0.1, 0.15) is 0 Å². The maximum absolute atomic E-state index is 12.9. The maximum Gasteiger partial charge on any atom is 0.225 e. The van der Waals surface area contributed by atoms with Gasteiger partial charge in [0.25, 0.3) is 0 Å². The van der Waals surface area contributed by atoms with Crippen LogP contribution in [0.1, 0.15) is 43.4 Å². The van der Waals surface area contributed by atoms with Crippen LogP contribution in [-0.2, 0) is 9.53 Å². The van der Waals surface area contributed by atoms with E-state index in [2.05, 4.69) is 42.3 Å². The van der Waals surface area contributed by atoms with Crippen LogP contribution in [0.15, 0.2) is 36.4 Å². The van der Waals surface area contributed by atoms with Gasteiger partial charge in [0.2, 0.25) is 5.91 Å². The van der Waals surface area contributed by atoms with E-state index in [1.807, 2.05) is 17.0 Å². The highest BCUT2D eigenvalue weighted by Gasteiger charge is 2.29. The first kappa shape index (κ1) is 24.2. The summed E-state index contributed by atoms with van der Waals surface area (Å²) in [6, 6.07) is 12.4. The summed E-state index contributed by atoms with van der Waals surface area (Å²) in [5.41, 5.74) is 4.55. The average molecular weight is 490 g/mol. The number of morpholine rings is 1. The first-order valence-electron chi connectivity index (χ1n) is 11.9. The molecule has 0 bridgehead atoms. The number of aryl methyl sites for hydroxylation is 1. The summed E-state index contributed by atoms with van der Waals surface area (Å²) in [4.78, 5) is 17.2. The van der Waals surface area contributed by atoms with Crippen LogP contribution >= 0.6 is 23.2 Å². The minimum Gasteiger partial charge on any atom is -0.378 e. The summed E-state index contributed by atoms with van der Waals surface area (Å²) >= 11 is 12.6. The van der Waals surface area contributed by atoms with Crippen molar-refractivity contribution >= 4 is 40.5 Å². The lowest BCUT2D eigenvalue weighted by atomic mass is 9.94. The molecule has 0 aromatic heterocycles. The van der Waals surface area contributed by atoms with Crippen LogP contribution in [0.25, 0.3) is 0 Å². The number of halogens is 2. The number of benzene rings is 2. The summed E-state index contributed by atoms with van der Waals surface area (Å²) < 4.78 is 5.39. The number of anilines is 2. The lowest BCUT2D eigenvalue weighted by Gasteiger charge is -2.36. The Labute approximate surface area is 207 Å². The first-order chi connectivity index (χ1) is 16.0. The number of carbonyl (C=O) groups is 1. The predicted molar refractivity (Wildman–Crippen MR) is 137 cm³/mol. The largest absolute Gasteiger partial charge is 0.378 e. The fraction of sp³-hybridized carbons (Fsp3) is 0.500. The highest BCUT2D eigenvalue weighted by molar-refractivity contribution is 6.35. The van der Waals surface area contributed by atoms with Crippen molar-refractivity contribution in [2.45, 2.75) is 39.2 Å². The Hall–Kier alpha value is -1.95. The molecule has 178 valence electrons. The lowest BCUT2D eigenvalue weighted by molar-refractivity contribution is -0.140. The third-order valence-corrected chi connectivity index (χ3v) is 7.39. The average Bonchev–Trinajstić information content (AvgIpc) is 2.84. The fourth-order valence-electron chi connectivity index (χ4n) is 4.76. The monoisotopic (exact) mass is 489 g/mol. The number of rotatable bonds is 6. The molecule has 0 aliphatic carbocycles. The predicted octanol–water partition coefficient (Wildman–Crippen LogP) is 5.94. The summed E-state index contributed by atoms with van der Waals surface area (Å²) in [6.45, 7) is 8.82. The van der Waals surface area contributed by atoms with Gasteiger partial charge in [-0.1, -0.05) is 42.3 Å². The van der Waals surface area contributed by atoms with Crippen LogP contribution in [0, 0.1) is 12.8 Å². The van der Waals surface area contributed by atoms with Gasteiger partial charge >= 0.3 is 0 Å². The molecule has 2 aromatic carbocycles. The number of carbonyl (C=O) groups excluding carboxylic acids is 1. The zero-order valence-electron chi connectivity index (χ0n) is 19.4. The van der Waals surface area contributed by atoms with E-state index in [-0.39, 0.29) is 12.0 Å². The molecule has 1 unspecified atom stereocenters. The summed E-state index contributed by atoms with van der Waals surface area (Å²) in [5.74, 6) is 0.425. The number of piperidine rings is 1. The fourth-order valence-corrected chi connectivity index (χ4v) is 5.30. The van der Waals surface area contributed by atoms with Crippen molar-refractivity contribution in [2.75, 3.05) is 49.6 Å². The highest BCUT2D eigenvalue weighted by Crippen LogP contribution is 2.34. The van der Waals surface area contributed by atoms with Gasteiger partial charge in [-0.3, -0.25) is 4.79 Å². The van der Waals surface area contributed by atoms with Crippen LogP contribution < -0.4 is 10.2 Å². The standard InChI is InChI=1S/C26H33Cl2N3O2/c1-3-24(22-7-5-20(27)16-23(22)28)29-25-17-21(6-4-18(25)2)30-10-8-19(9-11-30)26(32)31-12-14-33-15-13-31/h4-7,16-17,19,24,29H,3,8-15H2,1-2H3. The third kappa shape index (κ3) is 5.76. The molecule has 7 heteroatoms. The van der Waals surface area contributed by atoms with Crippen LogP contribution in [0.5, 0.6) is 0 Å². The number of nitrogens with zero attached hydrogens (tertiary/aromatic N) is 2. The second kappa shape index (κ2) is 11.0. The second-order valence-corrected chi connectivity index (χ2v) is 9.81. The molecule has 1 atom stereocenters. The molecule has 0 radical (unpaired) electrons. The van der Waals surface area contributed by atoms with E-state index in [9.17, 15) is 4.79 Å².